The number of hydrogen-bond acceptors (Lipinski definition) is 3. The van der Waals surface area contributed by atoms with Crippen molar-refractivity contribution in [3.8, 4) is 11.3 Å². The van der Waals surface area contributed by atoms with Crippen LogP contribution in [-0.2, 0) is 17.3 Å². The zero-order chi connectivity index (χ0) is 20.8. The van der Waals surface area contributed by atoms with E-state index in [2.05, 4.69) is 50.9 Å². The molecule has 0 saturated heterocycles. The Balaban J connectivity index is 1.79. The molecular formula is C25H33NO2S. The number of aromatic carboxylic acids is 1. The Kier molecular flexibility index (Phi) is 5.35. The van der Waals surface area contributed by atoms with Gasteiger partial charge in [0.1, 0.15) is 0 Å². The number of aromatic nitrogens is 1. The number of carboxylic acids is 1. The second kappa shape index (κ2) is 7.54. The number of nitrogens with zero attached hydrogens (tertiary/aromatic N) is 1. The number of carboxylic acid groups (broad SMARTS) is 1. The van der Waals surface area contributed by atoms with Crippen molar-refractivity contribution in [1.29, 1.82) is 0 Å². The molecule has 2 saturated carbocycles. The molecule has 1 aromatic carbocycles. The highest BCUT2D eigenvalue weighted by molar-refractivity contribution is 7.14. The highest BCUT2D eigenvalue weighted by Gasteiger charge is 2.40. The Labute approximate surface area is 178 Å². The number of rotatable bonds is 5. The molecule has 2 aliphatic rings. The second-order valence-electron chi connectivity index (χ2n) is 10.4. The number of carbonyl (C=O) groups is 1. The van der Waals surface area contributed by atoms with Crippen molar-refractivity contribution in [2.45, 2.75) is 89.9 Å². The first kappa shape index (κ1) is 20.6. The van der Waals surface area contributed by atoms with Gasteiger partial charge in [-0.05, 0) is 59.3 Å². The van der Waals surface area contributed by atoms with Gasteiger partial charge in [0.05, 0.1) is 5.69 Å². The van der Waals surface area contributed by atoms with E-state index in [-0.39, 0.29) is 15.8 Å². The van der Waals surface area contributed by atoms with Crippen LogP contribution in [0.15, 0.2) is 18.2 Å². The summed E-state index contributed by atoms with van der Waals surface area (Å²) in [5, 5.41) is 9.83. The van der Waals surface area contributed by atoms with Gasteiger partial charge in [-0.25, -0.2) is 9.78 Å². The summed E-state index contributed by atoms with van der Waals surface area (Å²) in [6.07, 6.45) is 9.86. The first-order chi connectivity index (χ1) is 13.7. The molecule has 4 heteroatoms. The van der Waals surface area contributed by atoms with Gasteiger partial charge >= 0.3 is 5.97 Å². The van der Waals surface area contributed by atoms with E-state index >= 15 is 0 Å². The molecule has 0 bridgehead atoms. The number of benzene rings is 1. The highest BCUT2D eigenvalue weighted by Crippen LogP contribution is 2.49. The lowest BCUT2D eigenvalue weighted by atomic mass is 9.82. The number of hydrogen-bond donors (Lipinski definition) is 1. The molecule has 3 nitrogen and oxygen atoms in total. The molecular weight excluding hydrogens is 378 g/mol. The minimum atomic E-state index is -0.910. The Morgan fingerprint density at radius 1 is 1.17 bits per heavy atom. The monoisotopic (exact) mass is 411 g/mol. The average Bonchev–Trinajstić information content (AvgIpc) is 3.28. The lowest BCUT2D eigenvalue weighted by molar-refractivity contribution is 0.0696. The van der Waals surface area contributed by atoms with E-state index in [0.29, 0.717) is 5.92 Å². The third kappa shape index (κ3) is 4.42. The molecule has 4 rings (SSSR count). The van der Waals surface area contributed by atoms with E-state index in [1.54, 1.807) is 0 Å². The lowest BCUT2D eigenvalue weighted by Gasteiger charge is -2.24. The van der Waals surface area contributed by atoms with Crippen LogP contribution in [0, 0.1) is 5.92 Å². The molecule has 0 spiro atoms. The highest BCUT2D eigenvalue weighted by atomic mass is 32.1. The van der Waals surface area contributed by atoms with Gasteiger partial charge in [0.25, 0.3) is 0 Å². The van der Waals surface area contributed by atoms with Gasteiger partial charge in [-0.2, -0.15) is 0 Å². The molecule has 2 fully saturated rings. The molecule has 2 aromatic rings. The van der Waals surface area contributed by atoms with Crippen molar-refractivity contribution < 1.29 is 9.90 Å². The van der Waals surface area contributed by atoms with Crippen molar-refractivity contribution in [2.24, 2.45) is 5.92 Å². The van der Waals surface area contributed by atoms with Crippen LogP contribution in [0.25, 0.3) is 11.3 Å². The zero-order valence-corrected chi connectivity index (χ0v) is 19.0. The predicted octanol–water partition coefficient (Wildman–Crippen LogP) is 6.98. The molecule has 0 amide bonds. The molecule has 0 radical (unpaired) electrons. The standard InChI is InChI=1S/C25H33NO2S/c1-24(2,3)18-13-17(14-19(15-18)25(4)10-11-25)21-20(29-22(26-21)23(27)28)12-16-8-6-5-7-9-16/h13-16H,5-12H2,1-4H3,(H,27,28). The van der Waals surface area contributed by atoms with Gasteiger partial charge < -0.3 is 5.11 Å². The van der Waals surface area contributed by atoms with E-state index in [1.807, 2.05) is 0 Å². The lowest BCUT2D eigenvalue weighted by Crippen LogP contribution is -2.13. The van der Waals surface area contributed by atoms with E-state index in [4.69, 9.17) is 0 Å². The fourth-order valence-electron chi connectivity index (χ4n) is 4.48. The maximum atomic E-state index is 11.7. The summed E-state index contributed by atoms with van der Waals surface area (Å²) >= 11 is 1.39. The van der Waals surface area contributed by atoms with Gasteiger partial charge in [-0.1, -0.05) is 65.9 Å². The van der Waals surface area contributed by atoms with Crippen molar-refractivity contribution >= 4 is 17.3 Å². The van der Waals surface area contributed by atoms with Gasteiger partial charge in [0.15, 0.2) is 0 Å². The van der Waals surface area contributed by atoms with Crippen LogP contribution >= 0.6 is 11.3 Å². The fraction of sp³-hybridized carbons (Fsp3) is 0.600. The molecule has 0 aliphatic heterocycles. The summed E-state index contributed by atoms with van der Waals surface area (Å²) in [4.78, 5) is 17.5. The van der Waals surface area contributed by atoms with Crippen LogP contribution < -0.4 is 0 Å². The SMILES string of the molecule is CC(C)(C)c1cc(-c2nc(C(=O)O)sc2CC2CCCCC2)cc(C2(C)CC2)c1. The van der Waals surface area contributed by atoms with Crippen molar-refractivity contribution in [1.82, 2.24) is 4.98 Å². The quantitative estimate of drug-likeness (QED) is 0.577. The third-order valence-electron chi connectivity index (χ3n) is 6.85. The third-order valence-corrected chi connectivity index (χ3v) is 7.91. The van der Waals surface area contributed by atoms with E-state index < -0.39 is 5.97 Å². The van der Waals surface area contributed by atoms with Gasteiger partial charge in [0.2, 0.25) is 5.01 Å². The largest absolute Gasteiger partial charge is 0.476 e. The topological polar surface area (TPSA) is 50.2 Å². The predicted molar refractivity (Wildman–Crippen MR) is 120 cm³/mol. The molecule has 156 valence electrons. The van der Waals surface area contributed by atoms with E-state index in [0.717, 1.165) is 22.6 Å². The summed E-state index contributed by atoms with van der Waals surface area (Å²) in [6, 6.07) is 6.90. The molecule has 1 heterocycles. The Hall–Kier alpha value is -1.68. The molecule has 0 atom stereocenters. The minimum Gasteiger partial charge on any atom is -0.476 e. The van der Waals surface area contributed by atoms with Crippen LogP contribution in [0.2, 0.25) is 0 Å². The van der Waals surface area contributed by atoms with Gasteiger partial charge in [-0.15, -0.1) is 11.3 Å². The molecule has 0 unspecified atom stereocenters. The maximum Gasteiger partial charge on any atom is 0.365 e. The molecule has 29 heavy (non-hydrogen) atoms. The Morgan fingerprint density at radius 2 is 1.86 bits per heavy atom. The molecule has 1 aromatic heterocycles. The van der Waals surface area contributed by atoms with Crippen LogP contribution in [-0.4, -0.2) is 16.1 Å². The zero-order valence-electron chi connectivity index (χ0n) is 18.2. The maximum absolute atomic E-state index is 11.7. The summed E-state index contributed by atoms with van der Waals surface area (Å²) in [7, 11) is 0. The van der Waals surface area contributed by atoms with Gasteiger partial charge in [-0.3, -0.25) is 0 Å². The number of thiazole rings is 1. The van der Waals surface area contributed by atoms with E-state index in [9.17, 15) is 9.90 Å². The van der Waals surface area contributed by atoms with Gasteiger partial charge in [0, 0.05) is 10.4 Å². The summed E-state index contributed by atoms with van der Waals surface area (Å²) in [5.74, 6) is -0.247. The minimum absolute atomic E-state index is 0.0468. The Bertz CT molecular complexity index is 888. The van der Waals surface area contributed by atoms with Crippen LogP contribution in [0.3, 0.4) is 0 Å². The molecule has 1 N–H and O–H groups in total. The van der Waals surface area contributed by atoms with Crippen LogP contribution in [0.4, 0.5) is 0 Å². The summed E-state index contributed by atoms with van der Waals surface area (Å²) in [5.41, 5.74) is 5.03. The normalized spacial score (nSPS) is 19.3. The second-order valence-corrected chi connectivity index (χ2v) is 11.5. The summed E-state index contributed by atoms with van der Waals surface area (Å²) < 4.78 is 0. The average molecular weight is 412 g/mol. The first-order valence-corrected chi connectivity index (χ1v) is 11.9. The first-order valence-electron chi connectivity index (χ1n) is 11.1. The van der Waals surface area contributed by atoms with Crippen LogP contribution in [0.1, 0.15) is 98.4 Å². The Morgan fingerprint density at radius 3 is 2.45 bits per heavy atom. The van der Waals surface area contributed by atoms with Crippen molar-refractivity contribution in [3.05, 3.63) is 39.2 Å². The van der Waals surface area contributed by atoms with Crippen LogP contribution in [0.5, 0.6) is 0 Å². The van der Waals surface area contributed by atoms with Crippen molar-refractivity contribution in [3.63, 3.8) is 0 Å². The fourth-order valence-corrected chi connectivity index (χ4v) is 5.52. The summed E-state index contributed by atoms with van der Waals surface area (Å²) in [6.45, 7) is 9.08. The van der Waals surface area contributed by atoms with Crippen molar-refractivity contribution in [2.75, 3.05) is 0 Å². The smallest absolute Gasteiger partial charge is 0.365 e. The van der Waals surface area contributed by atoms with E-state index in [1.165, 1.54) is 67.4 Å². The molecule has 2 aliphatic carbocycles.